The molecule has 1 aromatic rings. The molecule has 66 valence electrons. The van der Waals surface area contributed by atoms with Gasteiger partial charge in [-0.15, -0.1) is 11.3 Å². The fourth-order valence-electron chi connectivity index (χ4n) is 1.64. The molecule has 0 radical (unpaired) electrons. The minimum absolute atomic E-state index is 0.148. The van der Waals surface area contributed by atoms with E-state index in [2.05, 4.69) is 16.8 Å². The monoisotopic (exact) mass is 183 g/mol. The number of piperidine rings is 1. The zero-order valence-corrected chi connectivity index (χ0v) is 7.68. The molecule has 1 aromatic heterocycles. The molecule has 0 saturated carbocycles. The van der Waals surface area contributed by atoms with Crippen LogP contribution in [-0.2, 0) is 0 Å². The third-order valence-electron chi connectivity index (χ3n) is 2.35. The van der Waals surface area contributed by atoms with Gasteiger partial charge in [-0.2, -0.15) is 0 Å². The van der Waals surface area contributed by atoms with E-state index in [4.69, 9.17) is 0 Å². The van der Waals surface area contributed by atoms with Gasteiger partial charge in [-0.25, -0.2) is 0 Å². The van der Waals surface area contributed by atoms with Crippen LogP contribution in [0.2, 0.25) is 0 Å². The molecule has 0 amide bonds. The van der Waals surface area contributed by atoms with Gasteiger partial charge in [0.15, 0.2) is 0 Å². The summed E-state index contributed by atoms with van der Waals surface area (Å²) in [6.45, 7) is 1.87. The van der Waals surface area contributed by atoms with Crippen molar-refractivity contribution in [3.8, 4) is 0 Å². The summed E-state index contributed by atoms with van der Waals surface area (Å²) in [5, 5.41) is 15.1. The molecule has 2 nitrogen and oxygen atoms in total. The SMILES string of the molecule is OC1CCNCC1c1cccs1. The number of hydrogen-bond acceptors (Lipinski definition) is 3. The van der Waals surface area contributed by atoms with Gasteiger partial charge in [-0.05, 0) is 24.4 Å². The molecular formula is C9H13NOS. The lowest BCUT2D eigenvalue weighted by atomic mass is 9.95. The Morgan fingerprint density at radius 2 is 2.50 bits per heavy atom. The Kier molecular flexibility index (Phi) is 2.44. The van der Waals surface area contributed by atoms with Gasteiger partial charge in [0.2, 0.25) is 0 Å². The predicted octanol–water partition coefficient (Wildman–Crippen LogP) is 1.19. The molecule has 1 aliphatic heterocycles. The van der Waals surface area contributed by atoms with E-state index in [9.17, 15) is 5.11 Å². The Hall–Kier alpha value is -0.380. The Labute approximate surface area is 76.2 Å². The number of thiophene rings is 1. The number of nitrogens with one attached hydrogen (secondary N) is 1. The molecule has 12 heavy (non-hydrogen) atoms. The summed E-state index contributed by atoms with van der Waals surface area (Å²) in [5.74, 6) is 0.318. The molecule has 0 bridgehead atoms. The zero-order valence-electron chi connectivity index (χ0n) is 6.86. The van der Waals surface area contributed by atoms with E-state index in [1.165, 1.54) is 4.88 Å². The molecular weight excluding hydrogens is 170 g/mol. The van der Waals surface area contributed by atoms with Crippen molar-refractivity contribution < 1.29 is 5.11 Å². The number of aliphatic hydroxyl groups excluding tert-OH is 1. The third-order valence-corrected chi connectivity index (χ3v) is 3.36. The maximum Gasteiger partial charge on any atom is 0.0641 e. The predicted molar refractivity (Wildman–Crippen MR) is 50.6 cm³/mol. The molecule has 1 saturated heterocycles. The lowest BCUT2D eigenvalue weighted by molar-refractivity contribution is 0.115. The molecule has 2 rings (SSSR count). The first-order valence-corrected chi connectivity index (χ1v) is 5.18. The van der Waals surface area contributed by atoms with Crippen LogP contribution in [0, 0.1) is 0 Å². The number of rotatable bonds is 1. The minimum atomic E-state index is -0.148. The number of hydrogen-bond donors (Lipinski definition) is 2. The smallest absolute Gasteiger partial charge is 0.0641 e. The van der Waals surface area contributed by atoms with Crippen LogP contribution in [-0.4, -0.2) is 24.3 Å². The van der Waals surface area contributed by atoms with Crippen LogP contribution >= 0.6 is 11.3 Å². The van der Waals surface area contributed by atoms with Crippen LogP contribution in [0.3, 0.4) is 0 Å². The van der Waals surface area contributed by atoms with Gasteiger partial charge in [0.1, 0.15) is 0 Å². The molecule has 0 aliphatic carbocycles. The van der Waals surface area contributed by atoms with E-state index in [-0.39, 0.29) is 6.10 Å². The molecule has 2 unspecified atom stereocenters. The molecule has 2 atom stereocenters. The van der Waals surface area contributed by atoms with Crippen molar-refractivity contribution in [1.29, 1.82) is 0 Å². The largest absolute Gasteiger partial charge is 0.392 e. The molecule has 0 aromatic carbocycles. The second-order valence-corrected chi connectivity index (χ2v) is 4.16. The van der Waals surface area contributed by atoms with Crippen LogP contribution in [0.5, 0.6) is 0 Å². The quantitative estimate of drug-likeness (QED) is 0.685. The van der Waals surface area contributed by atoms with Crippen LogP contribution in [0.1, 0.15) is 17.2 Å². The van der Waals surface area contributed by atoms with Gasteiger partial charge in [0.25, 0.3) is 0 Å². The van der Waals surface area contributed by atoms with Crippen molar-refractivity contribution in [3.63, 3.8) is 0 Å². The van der Waals surface area contributed by atoms with Crippen molar-refractivity contribution in [2.45, 2.75) is 18.4 Å². The van der Waals surface area contributed by atoms with Crippen molar-refractivity contribution in [1.82, 2.24) is 5.32 Å². The summed E-state index contributed by atoms with van der Waals surface area (Å²) in [6.07, 6.45) is 0.729. The molecule has 1 fully saturated rings. The van der Waals surface area contributed by atoms with Crippen LogP contribution < -0.4 is 5.32 Å². The topological polar surface area (TPSA) is 32.3 Å². The Morgan fingerprint density at radius 1 is 1.58 bits per heavy atom. The van der Waals surface area contributed by atoms with E-state index in [1.54, 1.807) is 11.3 Å². The summed E-state index contributed by atoms with van der Waals surface area (Å²) in [5.41, 5.74) is 0. The summed E-state index contributed by atoms with van der Waals surface area (Å²) in [4.78, 5) is 1.30. The Bertz CT molecular complexity index is 235. The lowest BCUT2D eigenvalue weighted by Gasteiger charge is -2.27. The van der Waals surface area contributed by atoms with Gasteiger partial charge in [-0.1, -0.05) is 6.07 Å². The highest BCUT2D eigenvalue weighted by molar-refractivity contribution is 7.10. The average Bonchev–Trinajstić information content (AvgIpc) is 2.57. The van der Waals surface area contributed by atoms with E-state index < -0.39 is 0 Å². The Morgan fingerprint density at radius 3 is 3.17 bits per heavy atom. The highest BCUT2D eigenvalue weighted by Gasteiger charge is 2.24. The van der Waals surface area contributed by atoms with Crippen LogP contribution in [0.4, 0.5) is 0 Å². The van der Waals surface area contributed by atoms with Crippen LogP contribution in [0.25, 0.3) is 0 Å². The van der Waals surface area contributed by atoms with Gasteiger partial charge >= 0.3 is 0 Å². The first-order valence-electron chi connectivity index (χ1n) is 4.30. The fraction of sp³-hybridized carbons (Fsp3) is 0.556. The van der Waals surface area contributed by atoms with Gasteiger partial charge in [-0.3, -0.25) is 0 Å². The Balaban J connectivity index is 2.11. The van der Waals surface area contributed by atoms with Crippen molar-refractivity contribution >= 4 is 11.3 Å². The normalized spacial score (nSPS) is 30.4. The van der Waals surface area contributed by atoms with E-state index >= 15 is 0 Å². The maximum atomic E-state index is 9.71. The van der Waals surface area contributed by atoms with Gasteiger partial charge < -0.3 is 10.4 Å². The first-order chi connectivity index (χ1) is 5.88. The standard InChI is InChI=1S/C9H13NOS/c11-8-3-4-10-6-7(8)9-2-1-5-12-9/h1-2,5,7-8,10-11H,3-4,6H2. The maximum absolute atomic E-state index is 9.71. The highest BCUT2D eigenvalue weighted by Crippen LogP contribution is 2.27. The molecule has 2 heterocycles. The van der Waals surface area contributed by atoms with E-state index in [0.717, 1.165) is 19.5 Å². The average molecular weight is 183 g/mol. The second-order valence-electron chi connectivity index (χ2n) is 3.18. The molecule has 1 aliphatic rings. The van der Waals surface area contributed by atoms with E-state index in [0.29, 0.717) is 5.92 Å². The van der Waals surface area contributed by atoms with Crippen molar-refractivity contribution in [2.75, 3.05) is 13.1 Å². The minimum Gasteiger partial charge on any atom is -0.392 e. The van der Waals surface area contributed by atoms with E-state index in [1.807, 2.05) is 6.07 Å². The second kappa shape index (κ2) is 3.56. The molecule has 2 N–H and O–H groups in total. The zero-order chi connectivity index (χ0) is 8.39. The summed E-state index contributed by atoms with van der Waals surface area (Å²) in [7, 11) is 0. The first kappa shape index (κ1) is 8.23. The van der Waals surface area contributed by atoms with Crippen molar-refractivity contribution in [2.24, 2.45) is 0 Å². The fourth-order valence-corrected chi connectivity index (χ4v) is 2.52. The number of aliphatic hydroxyl groups is 1. The van der Waals surface area contributed by atoms with Crippen molar-refractivity contribution in [3.05, 3.63) is 22.4 Å². The van der Waals surface area contributed by atoms with Crippen LogP contribution in [0.15, 0.2) is 17.5 Å². The molecule has 3 heteroatoms. The van der Waals surface area contributed by atoms with Gasteiger partial charge in [0.05, 0.1) is 6.10 Å². The highest BCUT2D eigenvalue weighted by atomic mass is 32.1. The summed E-state index contributed by atoms with van der Waals surface area (Å²) in [6, 6.07) is 4.15. The molecule has 0 spiro atoms. The summed E-state index contributed by atoms with van der Waals surface area (Å²) >= 11 is 1.73. The summed E-state index contributed by atoms with van der Waals surface area (Å²) < 4.78 is 0. The van der Waals surface area contributed by atoms with Gasteiger partial charge in [0, 0.05) is 17.3 Å². The third kappa shape index (κ3) is 1.53. The lowest BCUT2D eigenvalue weighted by Crippen LogP contribution is -2.37.